The molecule has 1 aromatic heterocycles. The largest absolute Gasteiger partial charge is 0.361 e. The van der Waals surface area contributed by atoms with Crippen LogP contribution in [-0.2, 0) is 0 Å². The van der Waals surface area contributed by atoms with Crippen molar-refractivity contribution in [3.05, 3.63) is 54.7 Å². The topological polar surface area (TPSA) is 56.9 Å². The molecule has 3 rings (SSSR count). The standard InChI is InChI=1S/C15H12F5N3OS/c16-25(17,18,19,20)13-3-1-2-11(9-13)22-15(24)23-12-4-5-14-10(8-12)6-7-21-14/h1-9,21H,(H2,22,23,24). The number of carbonyl (C=O) groups excluding carboxylic acids is 1. The highest BCUT2D eigenvalue weighted by Crippen LogP contribution is 3.02. The zero-order valence-corrected chi connectivity index (χ0v) is 13.2. The van der Waals surface area contributed by atoms with E-state index in [0.717, 1.165) is 23.0 Å². The maximum Gasteiger partial charge on any atom is 0.323 e. The van der Waals surface area contributed by atoms with Crippen molar-refractivity contribution in [2.24, 2.45) is 0 Å². The number of halogens is 5. The smallest absolute Gasteiger partial charge is 0.323 e. The van der Waals surface area contributed by atoms with Gasteiger partial charge in [-0.05, 0) is 42.5 Å². The van der Waals surface area contributed by atoms with Gasteiger partial charge in [0.25, 0.3) is 0 Å². The summed E-state index contributed by atoms with van der Waals surface area (Å²) in [6.07, 6.45) is 1.71. The van der Waals surface area contributed by atoms with E-state index < -0.39 is 26.8 Å². The van der Waals surface area contributed by atoms with Crippen LogP contribution in [0.3, 0.4) is 0 Å². The van der Waals surface area contributed by atoms with E-state index >= 15 is 0 Å². The van der Waals surface area contributed by atoms with Gasteiger partial charge in [0.05, 0.1) is 0 Å². The van der Waals surface area contributed by atoms with Crippen LogP contribution >= 0.6 is 10.2 Å². The molecule has 2 amide bonds. The van der Waals surface area contributed by atoms with E-state index in [4.69, 9.17) is 0 Å². The maximum absolute atomic E-state index is 12.8. The number of anilines is 2. The third kappa shape index (κ3) is 4.02. The van der Waals surface area contributed by atoms with E-state index in [-0.39, 0.29) is 12.1 Å². The molecule has 1 heterocycles. The van der Waals surface area contributed by atoms with Crippen LogP contribution in [0.2, 0.25) is 0 Å². The molecule has 0 aliphatic rings. The molecule has 25 heavy (non-hydrogen) atoms. The molecule has 0 aliphatic heterocycles. The Kier molecular flexibility index (Phi) is 3.34. The van der Waals surface area contributed by atoms with Crippen molar-refractivity contribution in [2.75, 3.05) is 10.6 Å². The minimum absolute atomic E-state index is 0.205. The quantitative estimate of drug-likeness (QED) is 0.450. The average Bonchev–Trinajstić information content (AvgIpc) is 2.92. The lowest BCUT2D eigenvalue weighted by molar-refractivity contribution is 0.262. The summed E-state index contributed by atoms with van der Waals surface area (Å²) in [5.74, 6) is 0. The van der Waals surface area contributed by atoms with Crippen molar-refractivity contribution in [1.82, 2.24) is 4.98 Å². The molecule has 3 N–H and O–H groups in total. The summed E-state index contributed by atoms with van der Waals surface area (Å²) >= 11 is 0. The lowest BCUT2D eigenvalue weighted by atomic mass is 10.2. The molecule has 0 radical (unpaired) electrons. The highest BCUT2D eigenvalue weighted by Gasteiger charge is 2.65. The van der Waals surface area contributed by atoms with Crippen LogP contribution in [0.15, 0.2) is 59.6 Å². The average molecular weight is 377 g/mol. The van der Waals surface area contributed by atoms with Crippen molar-refractivity contribution < 1.29 is 24.2 Å². The first-order valence-corrected chi connectivity index (χ1v) is 8.85. The summed E-state index contributed by atoms with van der Waals surface area (Å²) in [4.78, 5) is 12.8. The maximum atomic E-state index is 12.8. The fourth-order valence-electron chi connectivity index (χ4n) is 2.24. The number of urea groups is 1. The Morgan fingerprint density at radius 3 is 2.24 bits per heavy atom. The number of hydrogen-bond acceptors (Lipinski definition) is 1. The summed E-state index contributed by atoms with van der Waals surface area (Å²) in [5.41, 5.74) is 0.842. The lowest BCUT2D eigenvalue weighted by Gasteiger charge is -2.40. The number of nitrogens with one attached hydrogen (secondary N) is 3. The molecule has 134 valence electrons. The molecule has 0 atom stereocenters. The van der Waals surface area contributed by atoms with E-state index in [1.807, 2.05) is 0 Å². The number of aromatic nitrogens is 1. The number of aromatic amines is 1. The van der Waals surface area contributed by atoms with Gasteiger partial charge in [0.15, 0.2) is 0 Å². The molecule has 0 aliphatic carbocycles. The van der Waals surface area contributed by atoms with Crippen LogP contribution in [0.25, 0.3) is 10.9 Å². The zero-order chi connectivity index (χ0) is 18.4. The van der Waals surface area contributed by atoms with Gasteiger partial charge in [-0.25, -0.2) is 4.79 Å². The Balaban J connectivity index is 1.77. The van der Waals surface area contributed by atoms with Crippen LogP contribution in [0, 0.1) is 0 Å². The fourth-order valence-corrected chi connectivity index (χ4v) is 2.92. The predicted molar refractivity (Wildman–Crippen MR) is 88.8 cm³/mol. The third-order valence-corrected chi connectivity index (χ3v) is 4.49. The van der Waals surface area contributed by atoms with Crippen LogP contribution in [-0.4, -0.2) is 11.0 Å². The monoisotopic (exact) mass is 377 g/mol. The summed E-state index contributed by atoms with van der Waals surface area (Å²) in [6.45, 7) is 0. The number of benzene rings is 2. The Hall–Kier alpha value is -2.75. The van der Waals surface area contributed by atoms with Gasteiger partial charge in [-0.2, -0.15) is 0 Å². The summed E-state index contributed by atoms with van der Waals surface area (Å²) in [6, 6.07) is 8.22. The Bertz CT molecular complexity index is 969. The van der Waals surface area contributed by atoms with Gasteiger partial charge in [-0.1, -0.05) is 25.5 Å². The molecule has 0 saturated carbocycles. The van der Waals surface area contributed by atoms with Crippen molar-refractivity contribution in [1.29, 1.82) is 0 Å². The molecule has 0 bridgehead atoms. The Morgan fingerprint density at radius 1 is 0.880 bits per heavy atom. The number of amides is 2. The first kappa shape index (κ1) is 17.1. The van der Waals surface area contributed by atoms with Gasteiger partial charge in [0.1, 0.15) is 4.90 Å². The molecule has 0 fully saturated rings. The van der Waals surface area contributed by atoms with E-state index in [9.17, 15) is 24.2 Å². The minimum Gasteiger partial charge on any atom is -0.361 e. The van der Waals surface area contributed by atoms with Crippen LogP contribution < -0.4 is 10.6 Å². The van der Waals surface area contributed by atoms with Crippen LogP contribution in [0.1, 0.15) is 0 Å². The fraction of sp³-hybridized carbons (Fsp3) is 0. The summed E-state index contributed by atoms with van der Waals surface area (Å²) in [7, 11) is -9.80. The van der Waals surface area contributed by atoms with Crippen molar-refractivity contribution in [2.45, 2.75) is 4.90 Å². The number of H-pyrrole nitrogens is 1. The second-order valence-electron chi connectivity index (χ2n) is 5.36. The zero-order valence-electron chi connectivity index (χ0n) is 12.4. The van der Waals surface area contributed by atoms with Gasteiger partial charge < -0.3 is 15.6 Å². The van der Waals surface area contributed by atoms with Crippen LogP contribution in [0.5, 0.6) is 0 Å². The van der Waals surface area contributed by atoms with Gasteiger partial charge in [0.2, 0.25) is 0 Å². The van der Waals surface area contributed by atoms with E-state index in [0.29, 0.717) is 5.69 Å². The van der Waals surface area contributed by atoms with E-state index in [2.05, 4.69) is 15.6 Å². The Labute approximate surface area is 138 Å². The number of rotatable bonds is 3. The Morgan fingerprint density at radius 2 is 1.56 bits per heavy atom. The molecule has 4 nitrogen and oxygen atoms in total. The first-order chi connectivity index (χ1) is 11.4. The second-order valence-corrected chi connectivity index (χ2v) is 7.76. The molecule has 0 saturated heterocycles. The highest BCUT2D eigenvalue weighted by atomic mass is 32.5. The number of fused-ring (bicyclic) bond motifs is 1. The van der Waals surface area contributed by atoms with Gasteiger partial charge >= 0.3 is 16.3 Å². The van der Waals surface area contributed by atoms with Gasteiger partial charge in [0, 0.05) is 28.5 Å². The van der Waals surface area contributed by atoms with E-state index in [1.165, 1.54) is 0 Å². The normalized spacial score (nSPS) is 14.6. The van der Waals surface area contributed by atoms with Gasteiger partial charge in [-0.15, -0.1) is 0 Å². The molecule has 2 aromatic carbocycles. The molecular weight excluding hydrogens is 365 g/mol. The second kappa shape index (κ2) is 4.88. The highest BCUT2D eigenvalue weighted by molar-refractivity contribution is 8.45. The molecule has 10 heteroatoms. The number of carbonyl (C=O) groups is 1. The number of hydrogen-bond donors (Lipinski definition) is 3. The lowest BCUT2D eigenvalue weighted by Crippen LogP contribution is -2.19. The minimum atomic E-state index is -9.80. The summed E-state index contributed by atoms with van der Waals surface area (Å²) < 4.78 is 64.0. The predicted octanol–water partition coefficient (Wildman–Crippen LogP) is 6.47. The summed E-state index contributed by atoms with van der Waals surface area (Å²) in [5, 5.41) is 5.35. The van der Waals surface area contributed by atoms with Gasteiger partial charge in [-0.3, -0.25) is 0 Å². The van der Waals surface area contributed by atoms with Crippen LogP contribution in [0.4, 0.5) is 35.6 Å². The molecule has 3 aromatic rings. The first-order valence-electron chi connectivity index (χ1n) is 6.90. The molecule has 0 spiro atoms. The molecule has 0 unspecified atom stereocenters. The van der Waals surface area contributed by atoms with Crippen molar-refractivity contribution in [3.63, 3.8) is 0 Å². The SMILES string of the molecule is O=C(Nc1cccc(S(F)(F)(F)(F)F)c1)Nc1ccc2[nH]ccc2c1. The molecular formula is C15H12F5N3OS. The van der Waals surface area contributed by atoms with E-state index in [1.54, 1.807) is 30.5 Å². The third-order valence-electron chi connectivity index (χ3n) is 3.35. The van der Waals surface area contributed by atoms with Crippen molar-refractivity contribution >= 4 is 38.5 Å². The van der Waals surface area contributed by atoms with Crippen molar-refractivity contribution in [3.8, 4) is 0 Å².